The summed E-state index contributed by atoms with van der Waals surface area (Å²) < 4.78 is 37.6. The molecule has 6 heteroatoms. The third kappa shape index (κ3) is 2.05. The molecule has 18 heavy (non-hydrogen) atoms. The zero-order chi connectivity index (χ0) is 12.8. The molecule has 1 N–H and O–H groups in total. The monoisotopic (exact) mass is 376 g/mol. The summed E-state index contributed by atoms with van der Waals surface area (Å²) in [7, 11) is -4.42. The van der Waals surface area contributed by atoms with Gasteiger partial charge in [-0.05, 0) is 0 Å². The first-order valence-electron chi connectivity index (χ1n) is 5.12. The number of rotatable bonds is 2. The first-order valence-corrected chi connectivity index (χ1v) is 9.52. The van der Waals surface area contributed by atoms with Crippen LogP contribution in [0.3, 0.4) is 0 Å². The van der Waals surface area contributed by atoms with Crippen LogP contribution in [0.15, 0.2) is 48.5 Å². The molecule has 1 aliphatic rings. The summed E-state index contributed by atoms with van der Waals surface area (Å²) in [6.45, 7) is 0. The summed E-state index contributed by atoms with van der Waals surface area (Å²) in [5.41, 5.74) is 2.00. The van der Waals surface area contributed by atoms with Gasteiger partial charge < -0.3 is 0 Å². The fraction of sp³-hybridized carbons (Fsp3) is 0. The second kappa shape index (κ2) is 4.30. The van der Waals surface area contributed by atoms with Gasteiger partial charge in [0.2, 0.25) is 0 Å². The van der Waals surface area contributed by atoms with E-state index in [1.54, 1.807) is 0 Å². The summed E-state index contributed by atoms with van der Waals surface area (Å²) in [4.78, 5) is 0. The van der Waals surface area contributed by atoms with E-state index < -0.39 is 30.6 Å². The van der Waals surface area contributed by atoms with Gasteiger partial charge in [0.25, 0.3) is 0 Å². The number of fused-ring (bicyclic) bond motifs is 3. The Morgan fingerprint density at radius 1 is 0.889 bits per heavy atom. The second-order valence-corrected chi connectivity index (χ2v) is 9.50. The van der Waals surface area contributed by atoms with Gasteiger partial charge in [-0.25, -0.2) is 0 Å². The van der Waals surface area contributed by atoms with Crippen LogP contribution in [-0.4, -0.2) is 13.0 Å². The van der Waals surface area contributed by atoms with E-state index in [0.29, 0.717) is 0 Å². The third-order valence-corrected chi connectivity index (χ3v) is 9.27. The van der Waals surface area contributed by atoms with E-state index in [1.165, 1.54) is 0 Å². The van der Waals surface area contributed by atoms with Crippen molar-refractivity contribution in [3.63, 3.8) is 0 Å². The number of benzene rings is 2. The molecule has 0 aromatic heterocycles. The predicted molar refractivity (Wildman–Crippen MR) is 75.9 cm³/mol. The van der Waals surface area contributed by atoms with Crippen molar-refractivity contribution in [1.29, 1.82) is 0 Å². The summed E-state index contributed by atoms with van der Waals surface area (Å²) in [5, 5.41) is 0. The van der Waals surface area contributed by atoms with Gasteiger partial charge >= 0.3 is 113 Å². The van der Waals surface area contributed by atoms with E-state index in [4.69, 9.17) is 7.07 Å². The first kappa shape index (κ1) is 12.1. The Morgan fingerprint density at radius 2 is 1.33 bits per heavy atom. The molecule has 2 aromatic rings. The van der Waals surface area contributed by atoms with Crippen molar-refractivity contribution >= 4 is 30.6 Å². The van der Waals surface area contributed by atoms with Crippen LogP contribution < -0.4 is 0 Å². The van der Waals surface area contributed by atoms with E-state index in [9.17, 15) is 8.42 Å². The molecule has 2 aromatic carbocycles. The summed E-state index contributed by atoms with van der Waals surface area (Å²) in [5.74, 6) is 0. The van der Waals surface area contributed by atoms with E-state index in [1.807, 2.05) is 48.5 Å². The van der Waals surface area contributed by atoms with Crippen molar-refractivity contribution in [3.05, 3.63) is 55.7 Å². The maximum absolute atomic E-state index is 11.0. The summed E-state index contributed by atoms with van der Waals surface area (Å²) >= 11 is -2.54. The molecule has 0 saturated heterocycles. The van der Waals surface area contributed by atoms with Crippen molar-refractivity contribution in [3.8, 4) is 11.1 Å². The fourth-order valence-electron chi connectivity index (χ4n) is 1.92. The van der Waals surface area contributed by atoms with Crippen LogP contribution in [-0.2, 0) is 12.9 Å². The van der Waals surface area contributed by atoms with Crippen molar-refractivity contribution in [2.45, 2.75) is 0 Å². The predicted octanol–water partition coefficient (Wildman–Crippen LogP) is 2.95. The number of hydrogen-bond acceptors (Lipinski definition) is 3. The average molecular weight is 376 g/mol. The zero-order valence-corrected chi connectivity index (χ0v) is 12.1. The minimum absolute atomic E-state index is 0.903. The Morgan fingerprint density at radius 3 is 1.78 bits per heavy atom. The first-order chi connectivity index (χ1) is 8.56. The van der Waals surface area contributed by atoms with Gasteiger partial charge in [-0.3, -0.25) is 0 Å². The Hall–Kier alpha value is -0.960. The Bertz CT molecular complexity index is 666. The molecule has 0 aliphatic carbocycles. The van der Waals surface area contributed by atoms with Gasteiger partial charge in [-0.2, -0.15) is 0 Å². The van der Waals surface area contributed by atoms with E-state index in [0.717, 1.165) is 18.3 Å². The molecule has 4 nitrogen and oxygen atoms in total. The van der Waals surface area contributed by atoms with Crippen molar-refractivity contribution in [1.82, 2.24) is 0 Å². The van der Waals surface area contributed by atoms with Crippen LogP contribution in [0, 0.1) is 7.14 Å². The molecular formula is C12H9IO4S. The average Bonchev–Trinajstić information content (AvgIpc) is 2.64. The van der Waals surface area contributed by atoms with Crippen molar-refractivity contribution in [2.75, 3.05) is 0 Å². The SMILES string of the molecule is O=S(=O)(O)OI1c2ccccc2-c2ccccc21. The van der Waals surface area contributed by atoms with Crippen LogP contribution >= 0.6 is 20.2 Å². The summed E-state index contributed by atoms with van der Waals surface area (Å²) in [6, 6.07) is 15.1. The standard InChI is InChI=1S/C12H9IO4S/c14-18(15,16)17-13-11-7-3-1-5-9(11)10-6-2-4-8-12(10)13/h1-8H,(H,14,15,16). The maximum atomic E-state index is 11.0. The van der Waals surface area contributed by atoms with Crippen molar-refractivity contribution < 1.29 is 15.5 Å². The molecule has 0 bridgehead atoms. The molecule has 0 fully saturated rings. The quantitative estimate of drug-likeness (QED) is 0.647. The topological polar surface area (TPSA) is 63.6 Å². The van der Waals surface area contributed by atoms with Gasteiger partial charge in [0, 0.05) is 0 Å². The minimum atomic E-state index is -4.42. The van der Waals surface area contributed by atoms with E-state index in [2.05, 4.69) is 0 Å². The molecule has 0 spiro atoms. The molecule has 1 aliphatic heterocycles. The molecule has 1 heterocycles. The van der Waals surface area contributed by atoms with E-state index >= 15 is 0 Å². The van der Waals surface area contributed by atoms with Gasteiger partial charge in [0.05, 0.1) is 0 Å². The third-order valence-electron chi connectivity index (χ3n) is 2.55. The van der Waals surface area contributed by atoms with Crippen molar-refractivity contribution in [2.24, 2.45) is 0 Å². The van der Waals surface area contributed by atoms with Crippen LogP contribution in [0.4, 0.5) is 0 Å². The van der Waals surface area contributed by atoms with Crippen LogP contribution in [0.25, 0.3) is 11.1 Å². The zero-order valence-electron chi connectivity index (χ0n) is 9.08. The molecule has 94 valence electrons. The molecular weight excluding hydrogens is 367 g/mol. The number of halogens is 1. The molecule has 0 atom stereocenters. The summed E-state index contributed by atoms with van der Waals surface area (Å²) in [6.07, 6.45) is 0. The normalized spacial score (nSPS) is 15.3. The second-order valence-electron chi connectivity index (χ2n) is 3.70. The van der Waals surface area contributed by atoms with Crippen LogP contribution in [0.2, 0.25) is 0 Å². The molecule has 0 radical (unpaired) electrons. The van der Waals surface area contributed by atoms with Gasteiger partial charge in [0.1, 0.15) is 0 Å². The van der Waals surface area contributed by atoms with Crippen LogP contribution in [0.5, 0.6) is 0 Å². The van der Waals surface area contributed by atoms with Gasteiger partial charge in [-0.1, -0.05) is 0 Å². The molecule has 0 amide bonds. The van der Waals surface area contributed by atoms with Gasteiger partial charge in [0.15, 0.2) is 0 Å². The Balaban J connectivity index is 2.21. The van der Waals surface area contributed by atoms with Gasteiger partial charge in [-0.15, -0.1) is 0 Å². The van der Waals surface area contributed by atoms with Crippen LogP contribution in [0.1, 0.15) is 0 Å². The number of hydrogen-bond donors (Lipinski definition) is 1. The molecule has 3 rings (SSSR count). The Labute approximate surface area is 112 Å². The Kier molecular flexibility index (Phi) is 2.89. The molecule has 0 unspecified atom stereocenters. The fourth-order valence-corrected chi connectivity index (χ4v) is 8.43. The van der Waals surface area contributed by atoms with E-state index in [-0.39, 0.29) is 0 Å². The molecule has 0 saturated carbocycles.